The van der Waals surface area contributed by atoms with Gasteiger partial charge in [-0.05, 0) is 93.3 Å². The zero-order chi connectivity index (χ0) is 22.0. The average molecular weight is 429 g/mol. The molecule has 5 saturated carbocycles. The van der Waals surface area contributed by atoms with Crippen LogP contribution in [-0.4, -0.2) is 30.0 Å². The van der Waals surface area contributed by atoms with E-state index in [4.69, 9.17) is 9.47 Å². The lowest BCUT2D eigenvalue weighted by Crippen LogP contribution is -2.59. The number of hydrogen-bond acceptors (Lipinski definition) is 3. The molecule has 0 amide bonds. The smallest absolute Gasteiger partial charge is 0.132 e. The van der Waals surface area contributed by atoms with Crippen molar-refractivity contribution in [3.8, 4) is 0 Å². The third-order valence-electron chi connectivity index (χ3n) is 12.2. The quantitative estimate of drug-likeness (QED) is 0.588. The minimum atomic E-state index is -0.772. The zero-order valence-corrected chi connectivity index (χ0v) is 20.7. The molecular weight excluding hydrogens is 384 g/mol. The van der Waals surface area contributed by atoms with Gasteiger partial charge in [-0.1, -0.05) is 27.7 Å². The van der Waals surface area contributed by atoms with Crippen molar-refractivity contribution in [3.05, 3.63) is 11.3 Å². The summed E-state index contributed by atoms with van der Waals surface area (Å²) >= 11 is 0. The standard InChI is InChI=1S/C28H44O3/c1-16(2)7-8-22-17(3)28(29)24(31-22)14-21-19-13-23(30-6)27-15-18(27)9-11-25(27,4)20(19)10-12-26(21,28)5/h16,18-21,23-24,29H,7-15H2,1-6H3/t18-,19-,20+,21+,23-,24+,25-,26+,27+,28-/m1/s1. The van der Waals surface area contributed by atoms with Gasteiger partial charge < -0.3 is 14.6 Å². The van der Waals surface area contributed by atoms with Gasteiger partial charge in [0.15, 0.2) is 0 Å². The molecule has 0 bridgehead atoms. The highest BCUT2D eigenvalue weighted by atomic mass is 16.5. The lowest BCUT2D eigenvalue weighted by Gasteiger charge is -2.61. The third-order valence-corrected chi connectivity index (χ3v) is 12.2. The molecule has 3 heteroatoms. The number of aliphatic hydroxyl groups is 1. The van der Waals surface area contributed by atoms with Crippen LogP contribution in [0.3, 0.4) is 0 Å². The summed E-state index contributed by atoms with van der Waals surface area (Å²) in [4.78, 5) is 0. The van der Waals surface area contributed by atoms with Crippen LogP contribution in [0.4, 0.5) is 0 Å². The maximum Gasteiger partial charge on any atom is 0.132 e. The van der Waals surface area contributed by atoms with Gasteiger partial charge >= 0.3 is 0 Å². The van der Waals surface area contributed by atoms with Crippen LogP contribution < -0.4 is 0 Å². The number of methoxy groups -OCH3 is 1. The lowest BCUT2D eigenvalue weighted by atomic mass is 9.45. The monoisotopic (exact) mass is 428 g/mol. The van der Waals surface area contributed by atoms with Crippen LogP contribution in [0.15, 0.2) is 11.3 Å². The normalized spacial score (nSPS) is 56.6. The highest BCUT2D eigenvalue weighted by Gasteiger charge is 2.79. The summed E-state index contributed by atoms with van der Waals surface area (Å²) in [7, 11) is 1.96. The minimum Gasteiger partial charge on any atom is -0.491 e. The van der Waals surface area contributed by atoms with Gasteiger partial charge in [-0.15, -0.1) is 0 Å². The van der Waals surface area contributed by atoms with Gasteiger partial charge in [-0.3, -0.25) is 0 Å². The molecule has 1 heterocycles. The highest BCUT2D eigenvalue weighted by molar-refractivity contribution is 5.37. The molecule has 0 aromatic carbocycles. The first-order valence-corrected chi connectivity index (χ1v) is 13.3. The van der Waals surface area contributed by atoms with E-state index in [0.717, 1.165) is 48.9 Å². The van der Waals surface area contributed by atoms with Crippen molar-refractivity contribution in [1.29, 1.82) is 0 Å². The van der Waals surface area contributed by atoms with Gasteiger partial charge in [0.2, 0.25) is 0 Å². The Morgan fingerprint density at radius 3 is 2.52 bits per heavy atom. The van der Waals surface area contributed by atoms with Crippen molar-refractivity contribution in [2.24, 2.45) is 45.8 Å². The molecule has 1 N–H and O–H groups in total. The predicted octanol–water partition coefficient (Wildman–Crippen LogP) is 6.10. The molecule has 10 atom stereocenters. The number of allylic oxidation sites excluding steroid dienone is 1. The van der Waals surface area contributed by atoms with Crippen LogP contribution >= 0.6 is 0 Å². The highest BCUT2D eigenvalue weighted by Crippen LogP contribution is 2.82. The van der Waals surface area contributed by atoms with Gasteiger partial charge in [0.25, 0.3) is 0 Å². The Morgan fingerprint density at radius 2 is 1.84 bits per heavy atom. The molecule has 0 aromatic heterocycles. The number of hydrogen-bond donors (Lipinski definition) is 1. The Balaban J connectivity index is 1.34. The van der Waals surface area contributed by atoms with E-state index in [1.165, 1.54) is 32.1 Å². The number of fused-ring (bicyclic) bond motifs is 6. The Hall–Kier alpha value is -0.540. The second-order valence-corrected chi connectivity index (χ2v) is 13.3. The van der Waals surface area contributed by atoms with Crippen molar-refractivity contribution in [2.75, 3.05) is 7.11 Å². The van der Waals surface area contributed by atoms with Crippen LogP contribution in [-0.2, 0) is 9.47 Å². The van der Waals surface area contributed by atoms with E-state index < -0.39 is 5.60 Å². The van der Waals surface area contributed by atoms with Gasteiger partial charge in [0.1, 0.15) is 11.7 Å². The summed E-state index contributed by atoms with van der Waals surface area (Å²) in [6, 6.07) is 0. The Bertz CT molecular complexity index is 817. The Labute approximate surface area is 189 Å². The van der Waals surface area contributed by atoms with Gasteiger partial charge in [-0.2, -0.15) is 0 Å². The minimum absolute atomic E-state index is 0.0367. The predicted molar refractivity (Wildman–Crippen MR) is 122 cm³/mol. The number of rotatable bonds is 4. The molecule has 1 spiro atoms. The van der Waals surface area contributed by atoms with E-state index >= 15 is 0 Å². The Morgan fingerprint density at radius 1 is 1.10 bits per heavy atom. The zero-order valence-electron chi connectivity index (χ0n) is 20.7. The molecule has 0 saturated heterocycles. The Kier molecular flexibility index (Phi) is 4.28. The topological polar surface area (TPSA) is 38.7 Å². The van der Waals surface area contributed by atoms with Crippen molar-refractivity contribution in [2.45, 2.75) is 110 Å². The molecule has 3 nitrogen and oxygen atoms in total. The summed E-state index contributed by atoms with van der Waals surface area (Å²) in [5, 5.41) is 12.3. The van der Waals surface area contributed by atoms with Crippen molar-refractivity contribution < 1.29 is 14.6 Å². The second kappa shape index (κ2) is 6.32. The van der Waals surface area contributed by atoms with Crippen molar-refractivity contribution in [3.63, 3.8) is 0 Å². The summed E-state index contributed by atoms with van der Waals surface area (Å²) in [6.45, 7) is 11.8. The van der Waals surface area contributed by atoms with E-state index in [0.29, 0.717) is 34.7 Å². The first kappa shape index (κ1) is 21.0. The molecule has 6 aliphatic rings. The molecule has 31 heavy (non-hydrogen) atoms. The molecule has 5 fully saturated rings. The fourth-order valence-electron chi connectivity index (χ4n) is 10.5. The van der Waals surface area contributed by atoms with Gasteiger partial charge in [-0.25, -0.2) is 0 Å². The van der Waals surface area contributed by atoms with E-state index in [1.54, 1.807) is 0 Å². The van der Waals surface area contributed by atoms with Crippen LogP contribution in [0.5, 0.6) is 0 Å². The maximum atomic E-state index is 12.3. The molecule has 5 aliphatic carbocycles. The van der Waals surface area contributed by atoms with Crippen molar-refractivity contribution >= 4 is 0 Å². The van der Waals surface area contributed by atoms with Crippen LogP contribution in [0.2, 0.25) is 0 Å². The van der Waals surface area contributed by atoms with E-state index in [9.17, 15) is 5.11 Å². The number of ether oxygens (including phenoxy) is 2. The molecule has 6 rings (SSSR count). The van der Waals surface area contributed by atoms with E-state index in [2.05, 4.69) is 34.6 Å². The molecular formula is C28H44O3. The van der Waals surface area contributed by atoms with E-state index in [-0.39, 0.29) is 11.5 Å². The first-order chi connectivity index (χ1) is 14.6. The van der Waals surface area contributed by atoms with Crippen LogP contribution in [0.1, 0.15) is 92.4 Å². The third kappa shape index (κ3) is 2.25. The van der Waals surface area contributed by atoms with E-state index in [1.807, 2.05) is 7.11 Å². The summed E-state index contributed by atoms with van der Waals surface area (Å²) in [6.07, 6.45) is 11.4. The van der Waals surface area contributed by atoms with Crippen molar-refractivity contribution in [1.82, 2.24) is 0 Å². The molecule has 0 aromatic rings. The average Bonchev–Trinajstić information content (AvgIpc) is 3.23. The second-order valence-electron chi connectivity index (χ2n) is 13.3. The first-order valence-electron chi connectivity index (χ1n) is 13.3. The summed E-state index contributed by atoms with van der Waals surface area (Å²) in [5.74, 6) is 4.70. The molecule has 0 unspecified atom stereocenters. The van der Waals surface area contributed by atoms with Crippen LogP contribution in [0.25, 0.3) is 0 Å². The molecule has 0 radical (unpaired) electrons. The van der Waals surface area contributed by atoms with Crippen LogP contribution in [0, 0.1) is 45.8 Å². The summed E-state index contributed by atoms with van der Waals surface area (Å²) < 4.78 is 12.8. The van der Waals surface area contributed by atoms with Gasteiger partial charge in [0.05, 0.1) is 11.9 Å². The largest absolute Gasteiger partial charge is 0.491 e. The fraction of sp³-hybridized carbons (Fsp3) is 0.929. The lowest BCUT2D eigenvalue weighted by molar-refractivity contribution is -0.175. The fourth-order valence-corrected chi connectivity index (χ4v) is 10.5. The molecule has 174 valence electrons. The maximum absolute atomic E-state index is 12.3. The molecule has 1 aliphatic heterocycles. The SMILES string of the molecule is CO[C@@H]1C[C@H]2[C@@H]3C[C@@H]4OC(CCC(C)C)=C(C)[C@]4(O)[C@@]3(C)CC[C@@H]2[C@@]2(C)CC[C@@H]3C[C@]312. The summed E-state index contributed by atoms with van der Waals surface area (Å²) in [5.41, 5.74) is 1.23. The van der Waals surface area contributed by atoms with Gasteiger partial charge in [0, 0.05) is 29.9 Å².